The molecule has 1 aliphatic rings. The number of carbonyl (C=O) groups excluding carboxylic acids is 3. The number of aromatic nitrogens is 2. The molecule has 1 atom stereocenters. The standard InChI is InChI=1S/C21H19N5O3S/c27-18-11-15(12-26(18)13-17-3-1-2-8-22-17)20(29)24-16-6-4-14(5-7-16)19(28)25-21-23-9-10-30-21/h1-10,15H,11-13H2,(H,24,29)(H,23,25,28). The van der Waals surface area contributed by atoms with Gasteiger partial charge in [0.05, 0.1) is 18.2 Å². The second kappa shape index (κ2) is 8.83. The first kappa shape index (κ1) is 19.7. The summed E-state index contributed by atoms with van der Waals surface area (Å²) in [5.41, 5.74) is 1.82. The molecule has 3 amide bonds. The highest BCUT2D eigenvalue weighted by molar-refractivity contribution is 7.13. The zero-order chi connectivity index (χ0) is 20.9. The zero-order valence-electron chi connectivity index (χ0n) is 15.9. The number of rotatable bonds is 6. The van der Waals surface area contributed by atoms with Crippen LogP contribution < -0.4 is 10.6 Å². The summed E-state index contributed by atoms with van der Waals surface area (Å²) >= 11 is 1.34. The fourth-order valence-electron chi connectivity index (χ4n) is 3.19. The van der Waals surface area contributed by atoms with Crippen LogP contribution in [-0.2, 0) is 16.1 Å². The molecule has 0 bridgehead atoms. The van der Waals surface area contributed by atoms with Crippen molar-refractivity contribution in [3.8, 4) is 0 Å². The Morgan fingerprint density at radius 1 is 1.07 bits per heavy atom. The maximum Gasteiger partial charge on any atom is 0.257 e. The second-order valence-corrected chi connectivity index (χ2v) is 7.75. The van der Waals surface area contributed by atoms with Crippen LogP contribution in [0.25, 0.3) is 0 Å². The Labute approximate surface area is 177 Å². The van der Waals surface area contributed by atoms with E-state index in [2.05, 4.69) is 20.6 Å². The third kappa shape index (κ3) is 4.69. The Balaban J connectivity index is 1.32. The van der Waals surface area contributed by atoms with Gasteiger partial charge in [-0.3, -0.25) is 24.7 Å². The Bertz CT molecular complexity index is 1040. The molecule has 1 fully saturated rings. The summed E-state index contributed by atoms with van der Waals surface area (Å²) in [7, 11) is 0. The monoisotopic (exact) mass is 421 g/mol. The third-order valence-electron chi connectivity index (χ3n) is 4.73. The van der Waals surface area contributed by atoms with E-state index in [1.54, 1.807) is 46.9 Å². The van der Waals surface area contributed by atoms with Gasteiger partial charge in [-0.05, 0) is 36.4 Å². The summed E-state index contributed by atoms with van der Waals surface area (Å²) in [4.78, 5) is 47.0. The number of likely N-dealkylation sites (tertiary alicyclic amines) is 1. The number of hydrogen-bond acceptors (Lipinski definition) is 6. The van der Waals surface area contributed by atoms with Crippen LogP contribution in [0.15, 0.2) is 60.2 Å². The first-order valence-corrected chi connectivity index (χ1v) is 10.3. The molecule has 9 heteroatoms. The Hall–Kier alpha value is -3.59. The van der Waals surface area contributed by atoms with Crippen molar-refractivity contribution in [1.29, 1.82) is 0 Å². The van der Waals surface area contributed by atoms with Gasteiger partial charge < -0.3 is 10.2 Å². The molecule has 1 saturated heterocycles. The van der Waals surface area contributed by atoms with Gasteiger partial charge in [-0.25, -0.2) is 4.98 Å². The fraction of sp³-hybridized carbons (Fsp3) is 0.190. The van der Waals surface area contributed by atoms with E-state index < -0.39 is 5.92 Å². The smallest absolute Gasteiger partial charge is 0.257 e. The van der Waals surface area contributed by atoms with Crippen LogP contribution in [0.5, 0.6) is 0 Å². The minimum atomic E-state index is -0.422. The summed E-state index contributed by atoms with van der Waals surface area (Å²) in [6, 6.07) is 12.1. The number of nitrogens with one attached hydrogen (secondary N) is 2. The molecule has 0 saturated carbocycles. The molecule has 3 heterocycles. The van der Waals surface area contributed by atoms with Gasteiger partial charge in [0.2, 0.25) is 11.8 Å². The minimum Gasteiger partial charge on any atom is -0.336 e. The first-order chi connectivity index (χ1) is 14.6. The van der Waals surface area contributed by atoms with Crippen molar-refractivity contribution < 1.29 is 14.4 Å². The first-order valence-electron chi connectivity index (χ1n) is 9.38. The molecule has 2 N–H and O–H groups in total. The lowest BCUT2D eigenvalue weighted by Gasteiger charge is -2.16. The Kier molecular flexibility index (Phi) is 5.80. The van der Waals surface area contributed by atoms with Gasteiger partial charge in [-0.1, -0.05) is 6.07 Å². The van der Waals surface area contributed by atoms with E-state index in [0.717, 1.165) is 5.69 Å². The predicted octanol–water partition coefficient (Wildman–Crippen LogP) is 2.78. The van der Waals surface area contributed by atoms with E-state index in [9.17, 15) is 14.4 Å². The molecule has 8 nitrogen and oxygen atoms in total. The molecular weight excluding hydrogens is 402 g/mol. The van der Waals surface area contributed by atoms with Gasteiger partial charge in [0, 0.05) is 42.0 Å². The molecule has 1 unspecified atom stereocenters. The normalized spacial score (nSPS) is 15.8. The summed E-state index contributed by atoms with van der Waals surface area (Å²) in [6.07, 6.45) is 3.47. The average Bonchev–Trinajstić information content (AvgIpc) is 3.39. The molecular formula is C21H19N5O3S. The van der Waals surface area contributed by atoms with E-state index in [1.807, 2.05) is 18.2 Å². The number of nitrogens with zero attached hydrogens (tertiary/aromatic N) is 3. The highest BCUT2D eigenvalue weighted by atomic mass is 32.1. The minimum absolute atomic E-state index is 0.0602. The van der Waals surface area contributed by atoms with Crippen LogP contribution in [0.1, 0.15) is 22.5 Å². The quantitative estimate of drug-likeness (QED) is 0.637. The molecule has 4 rings (SSSR count). The van der Waals surface area contributed by atoms with Crippen molar-refractivity contribution in [3.63, 3.8) is 0 Å². The highest BCUT2D eigenvalue weighted by Gasteiger charge is 2.34. The maximum atomic E-state index is 12.6. The lowest BCUT2D eigenvalue weighted by atomic mass is 10.1. The van der Waals surface area contributed by atoms with E-state index in [-0.39, 0.29) is 24.1 Å². The highest BCUT2D eigenvalue weighted by Crippen LogP contribution is 2.22. The van der Waals surface area contributed by atoms with E-state index in [0.29, 0.717) is 29.5 Å². The van der Waals surface area contributed by atoms with Gasteiger partial charge in [-0.2, -0.15) is 0 Å². The van der Waals surface area contributed by atoms with Crippen LogP contribution in [0, 0.1) is 5.92 Å². The number of thiazole rings is 1. The summed E-state index contributed by atoms with van der Waals surface area (Å²) in [5.74, 6) is -0.967. The van der Waals surface area contributed by atoms with Gasteiger partial charge in [0.15, 0.2) is 5.13 Å². The molecule has 0 aliphatic carbocycles. The number of benzene rings is 1. The lowest BCUT2D eigenvalue weighted by molar-refractivity contribution is -0.128. The maximum absolute atomic E-state index is 12.6. The van der Waals surface area contributed by atoms with Crippen LogP contribution in [0.4, 0.5) is 10.8 Å². The third-order valence-corrected chi connectivity index (χ3v) is 5.42. The number of hydrogen-bond donors (Lipinski definition) is 2. The second-order valence-electron chi connectivity index (χ2n) is 6.85. The molecule has 3 aromatic rings. The summed E-state index contributed by atoms with van der Waals surface area (Å²) in [5, 5.41) is 7.83. The van der Waals surface area contributed by atoms with Gasteiger partial charge >= 0.3 is 0 Å². The topological polar surface area (TPSA) is 104 Å². The summed E-state index contributed by atoms with van der Waals surface area (Å²) in [6.45, 7) is 0.752. The van der Waals surface area contributed by atoms with Crippen LogP contribution in [0.3, 0.4) is 0 Å². The van der Waals surface area contributed by atoms with Crippen molar-refractivity contribution in [2.75, 3.05) is 17.2 Å². The van der Waals surface area contributed by atoms with E-state index >= 15 is 0 Å². The lowest BCUT2D eigenvalue weighted by Crippen LogP contribution is -2.28. The average molecular weight is 421 g/mol. The van der Waals surface area contributed by atoms with Crippen molar-refractivity contribution in [3.05, 3.63) is 71.5 Å². The van der Waals surface area contributed by atoms with E-state index in [4.69, 9.17) is 0 Å². The van der Waals surface area contributed by atoms with Crippen LogP contribution in [-0.4, -0.2) is 39.1 Å². The van der Waals surface area contributed by atoms with Gasteiger partial charge in [0.25, 0.3) is 5.91 Å². The van der Waals surface area contributed by atoms with Crippen LogP contribution >= 0.6 is 11.3 Å². The number of amides is 3. The molecule has 152 valence electrons. The zero-order valence-corrected chi connectivity index (χ0v) is 16.8. The number of anilines is 2. The molecule has 0 spiro atoms. The van der Waals surface area contributed by atoms with Crippen molar-refractivity contribution in [2.45, 2.75) is 13.0 Å². The van der Waals surface area contributed by atoms with E-state index in [1.165, 1.54) is 11.3 Å². The molecule has 1 aromatic carbocycles. The van der Waals surface area contributed by atoms with Gasteiger partial charge in [-0.15, -0.1) is 11.3 Å². The summed E-state index contributed by atoms with van der Waals surface area (Å²) < 4.78 is 0. The van der Waals surface area contributed by atoms with Crippen molar-refractivity contribution >= 4 is 39.9 Å². The number of carbonyl (C=O) groups is 3. The number of pyridine rings is 1. The fourth-order valence-corrected chi connectivity index (χ4v) is 3.72. The SMILES string of the molecule is O=C(Nc1nccs1)c1ccc(NC(=O)C2CC(=O)N(Cc3ccccn3)C2)cc1. The van der Waals surface area contributed by atoms with Crippen LogP contribution in [0.2, 0.25) is 0 Å². The van der Waals surface area contributed by atoms with Crippen molar-refractivity contribution in [1.82, 2.24) is 14.9 Å². The van der Waals surface area contributed by atoms with Gasteiger partial charge in [0.1, 0.15) is 0 Å². The molecule has 30 heavy (non-hydrogen) atoms. The molecule has 1 aliphatic heterocycles. The predicted molar refractivity (Wildman–Crippen MR) is 113 cm³/mol. The Morgan fingerprint density at radius 3 is 2.60 bits per heavy atom. The molecule has 0 radical (unpaired) electrons. The molecule has 2 aromatic heterocycles. The Morgan fingerprint density at radius 2 is 1.90 bits per heavy atom. The van der Waals surface area contributed by atoms with Crippen molar-refractivity contribution in [2.24, 2.45) is 5.92 Å². The largest absolute Gasteiger partial charge is 0.336 e.